The zero-order valence-electron chi connectivity index (χ0n) is 16.1. The predicted octanol–water partition coefficient (Wildman–Crippen LogP) is 1.90. The molecule has 0 radical (unpaired) electrons. The van der Waals surface area contributed by atoms with Gasteiger partial charge in [-0.2, -0.15) is 0 Å². The minimum absolute atomic E-state index is 0.0366. The first-order valence-corrected chi connectivity index (χ1v) is 9.96. The molecule has 3 rings (SSSR count). The van der Waals surface area contributed by atoms with Crippen LogP contribution in [0.2, 0.25) is 0 Å². The number of hydrogen-bond acceptors (Lipinski definition) is 4. The summed E-state index contributed by atoms with van der Waals surface area (Å²) in [5.41, 5.74) is 1.04. The fraction of sp³-hybridized carbons (Fsp3) is 0.571. The van der Waals surface area contributed by atoms with Gasteiger partial charge in [-0.3, -0.25) is 14.9 Å². The fourth-order valence-electron chi connectivity index (χ4n) is 4.66. The number of amides is 1. The third kappa shape index (κ3) is 4.35. The van der Waals surface area contributed by atoms with Crippen LogP contribution in [0.5, 0.6) is 0 Å². The highest BCUT2D eigenvalue weighted by Gasteiger charge is 2.49. The van der Waals surface area contributed by atoms with Gasteiger partial charge in [0.15, 0.2) is 0 Å². The topological polar surface area (TPSA) is 107 Å². The molecule has 7 heteroatoms. The van der Waals surface area contributed by atoms with Gasteiger partial charge < -0.3 is 15.1 Å². The first kappa shape index (κ1) is 20.3. The van der Waals surface area contributed by atoms with Crippen LogP contribution in [-0.4, -0.2) is 57.1 Å². The molecule has 7 nitrogen and oxygen atoms in total. The molecule has 0 spiro atoms. The van der Waals surface area contributed by atoms with Crippen LogP contribution in [0.25, 0.3) is 0 Å². The Morgan fingerprint density at radius 1 is 1.18 bits per heavy atom. The van der Waals surface area contributed by atoms with Gasteiger partial charge >= 0.3 is 11.9 Å². The summed E-state index contributed by atoms with van der Waals surface area (Å²) in [6.45, 7) is 1.63. The van der Waals surface area contributed by atoms with E-state index in [2.05, 4.69) is 5.32 Å². The maximum atomic E-state index is 13.0. The second-order valence-corrected chi connectivity index (χ2v) is 7.90. The molecule has 1 aliphatic heterocycles. The monoisotopic (exact) mass is 388 g/mol. The number of carbonyl (C=O) groups is 3. The van der Waals surface area contributed by atoms with Gasteiger partial charge in [0.05, 0.1) is 6.04 Å². The maximum absolute atomic E-state index is 13.0. The van der Waals surface area contributed by atoms with Crippen molar-refractivity contribution in [1.82, 2.24) is 10.2 Å². The Hall–Kier alpha value is -2.41. The smallest absolute Gasteiger partial charge is 0.326 e. The van der Waals surface area contributed by atoms with E-state index >= 15 is 0 Å². The number of hydrogen-bond donors (Lipinski definition) is 3. The molecular weight excluding hydrogens is 360 g/mol. The summed E-state index contributed by atoms with van der Waals surface area (Å²) in [5.74, 6) is -2.06. The van der Waals surface area contributed by atoms with E-state index in [-0.39, 0.29) is 17.9 Å². The van der Waals surface area contributed by atoms with Crippen molar-refractivity contribution in [1.29, 1.82) is 0 Å². The molecule has 1 aromatic rings. The Balaban J connectivity index is 1.65. The summed E-state index contributed by atoms with van der Waals surface area (Å²) in [6, 6.07) is 7.13. The van der Waals surface area contributed by atoms with Crippen molar-refractivity contribution in [3.8, 4) is 0 Å². The number of nitrogens with one attached hydrogen (secondary N) is 1. The normalized spacial score (nSPS) is 25.9. The minimum atomic E-state index is -1.01. The number of carbonyl (C=O) groups excluding carboxylic acids is 1. The van der Waals surface area contributed by atoms with Crippen molar-refractivity contribution in [3.63, 3.8) is 0 Å². The highest BCUT2D eigenvalue weighted by molar-refractivity contribution is 5.88. The lowest BCUT2D eigenvalue weighted by Crippen LogP contribution is -2.55. The van der Waals surface area contributed by atoms with E-state index < -0.39 is 30.1 Å². The zero-order valence-corrected chi connectivity index (χ0v) is 16.1. The van der Waals surface area contributed by atoms with Crippen molar-refractivity contribution in [3.05, 3.63) is 35.9 Å². The quantitative estimate of drug-likeness (QED) is 0.628. The lowest BCUT2D eigenvalue weighted by Gasteiger charge is -2.31. The van der Waals surface area contributed by atoms with Crippen LogP contribution in [0.3, 0.4) is 0 Å². The molecule has 28 heavy (non-hydrogen) atoms. The van der Waals surface area contributed by atoms with Gasteiger partial charge in [0.1, 0.15) is 12.1 Å². The summed E-state index contributed by atoms with van der Waals surface area (Å²) >= 11 is 0. The van der Waals surface area contributed by atoms with Crippen LogP contribution < -0.4 is 5.32 Å². The number of rotatable bonds is 8. The Labute approximate surface area is 164 Å². The summed E-state index contributed by atoms with van der Waals surface area (Å²) in [7, 11) is 0. The highest BCUT2D eigenvalue weighted by Crippen LogP contribution is 2.41. The summed E-state index contributed by atoms with van der Waals surface area (Å²) in [6.07, 6.45) is 4.21. The molecule has 1 saturated heterocycles. The predicted molar refractivity (Wildman–Crippen MR) is 103 cm³/mol. The Morgan fingerprint density at radius 3 is 2.54 bits per heavy atom. The summed E-state index contributed by atoms with van der Waals surface area (Å²) in [4.78, 5) is 37.9. The van der Waals surface area contributed by atoms with E-state index in [1.165, 1.54) is 4.90 Å². The number of aryl methyl sites for hydroxylation is 1. The van der Waals surface area contributed by atoms with Crippen LogP contribution in [0.4, 0.5) is 0 Å². The van der Waals surface area contributed by atoms with E-state index in [0.717, 1.165) is 24.8 Å². The van der Waals surface area contributed by atoms with Gasteiger partial charge in [0.2, 0.25) is 5.91 Å². The highest BCUT2D eigenvalue weighted by atomic mass is 16.4. The van der Waals surface area contributed by atoms with Crippen LogP contribution >= 0.6 is 0 Å². The molecule has 1 amide bonds. The number of carboxylic acid groups (broad SMARTS) is 2. The Kier molecular flexibility index (Phi) is 6.34. The van der Waals surface area contributed by atoms with Crippen molar-refractivity contribution >= 4 is 17.8 Å². The first-order chi connectivity index (χ1) is 13.4. The van der Waals surface area contributed by atoms with E-state index in [9.17, 15) is 24.6 Å². The fourth-order valence-corrected chi connectivity index (χ4v) is 4.66. The van der Waals surface area contributed by atoms with Gasteiger partial charge in [-0.25, -0.2) is 4.79 Å². The third-order valence-corrected chi connectivity index (χ3v) is 6.06. The second-order valence-electron chi connectivity index (χ2n) is 7.90. The zero-order chi connectivity index (χ0) is 20.3. The molecule has 1 saturated carbocycles. The molecule has 5 atom stereocenters. The number of likely N-dealkylation sites (tertiary alicyclic amines) is 1. The van der Waals surface area contributed by atoms with Gasteiger partial charge in [0, 0.05) is 6.04 Å². The molecular formula is C21H28N2O5. The van der Waals surface area contributed by atoms with Gasteiger partial charge in [0.25, 0.3) is 0 Å². The summed E-state index contributed by atoms with van der Waals surface area (Å²) < 4.78 is 0. The molecule has 2 fully saturated rings. The molecule has 3 N–H and O–H groups in total. The minimum Gasteiger partial charge on any atom is -0.480 e. The van der Waals surface area contributed by atoms with E-state index in [0.29, 0.717) is 19.3 Å². The number of benzene rings is 1. The molecule has 0 bridgehead atoms. The number of nitrogens with zero attached hydrogens (tertiary/aromatic N) is 1. The van der Waals surface area contributed by atoms with E-state index in [4.69, 9.17) is 0 Å². The lowest BCUT2D eigenvalue weighted by atomic mass is 10.0. The Bertz CT molecular complexity index is 723. The van der Waals surface area contributed by atoms with Gasteiger partial charge in [-0.1, -0.05) is 36.8 Å². The number of aliphatic carboxylic acids is 2. The second kappa shape index (κ2) is 8.73. The van der Waals surface area contributed by atoms with Crippen LogP contribution in [-0.2, 0) is 20.8 Å². The van der Waals surface area contributed by atoms with Crippen LogP contribution in [0, 0.1) is 5.92 Å². The summed E-state index contributed by atoms with van der Waals surface area (Å²) in [5, 5.41) is 22.0. The molecule has 0 unspecified atom stereocenters. The lowest BCUT2D eigenvalue weighted by molar-refractivity contribution is -0.151. The number of fused-ring (bicyclic) bond motifs is 1. The van der Waals surface area contributed by atoms with Crippen LogP contribution in [0.15, 0.2) is 30.3 Å². The number of carboxylic acids is 2. The van der Waals surface area contributed by atoms with Gasteiger partial charge in [-0.05, 0) is 50.5 Å². The maximum Gasteiger partial charge on any atom is 0.326 e. The Morgan fingerprint density at radius 2 is 1.89 bits per heavy atom. The average molecular weight is 388 g/mol. The molecule has 1 aliphatic carbocycles. The first-order valence-electron chi connectivity index (χ1n) is 9.96. The van der Waals surface area contributed by atoms with E-state index in [1.807, 2.05) is 30.3 Å². The molecule has 2 aliphatic rings. The van der Waals surface area contributed by atoms with Crippen molar-refractivity contribution in [2.45, 2.75) is 69.6 Å². The molecule has 152 valence electrons. The van der Waals surface area contributed by atoms with Crippen LogP contribution in [0.1, 0.15) is 44.6 Å². The van der Waals surface area contributed by atoms with Crippen molar-refractivity contribution < 1.29 is 24.6 Å². The standard InChI is InChI=1S/C21H28N2O5/c1-13(22-16(20(25)26)11-10-14-6-3-2-4-7-14)19(24)23-17-9-5-8-15(17)12-18(23)21(27)28/h2-4,6-7,13,15-18,22H,5,8-12H2,1H3,(H,25,26)(H,27,28)/t13-,15+,16-,17+,18-/m1/s1. The van der Waals surface area contributed by atoms with Crippen molar-refractivity contribution in [2.75, 3.05) is 0 Å². The van der Waals surface area contributed by atoms with Gasteiger partial charge in [-0.15, -0.1) is 0 Å². The SMILES string of the molecule is C[C@@H](N[C@H](CCc1ccccc1)C(=O)O)C(=O)N1[C@@H](C(=O)O)C[C@@H]2CCC[C@@H]21. The van der Waals surface area contributed by atoms with E-state index in [1.54, 1.807) is 6.92 Å². The molecule has 0 aromatic heterocycles. The molecule has 1 aromatic carbocycles. The van der Waals surface area contributed by atoms with Crippen molar-refractivity contribution in [2.24, 2.45) is 5.92 Å². The largest absolute Gasteiger partial charge is 0.480 e. The third-order valence-electron chi connectivity index (χ3n) is 6.06. The molecule has 1 heterocycles. The average Bonchev–Trinajstić information content (AvgIpc) is 3.26.